The molecule has 216 valence electrons. The van der Waals surface area contributed by atoms with Crippen LogP contribution in [0.25, 0.3) is 11.3 Å². The van der Waals surface area contributed by atoms with Crippen molar-refractivity contribution in [2.75, 3.05) is 22.9 Å². The van der Waals surface area contributed by atoms with E-state index in [4.69, 9.17) is 28.2 Å². The first-order chi connectivity index (χ1) is 20.2. The van der Waals surface area contributed by atoms with Crippen LogP contribution in [0.2, 0.25) is 5.02 Å². The zero-order valence-corrected chi connectivity index (χ0v) is 25.3. The molecule has 4 unspecified atom stereocenters. The number of aromatic nitrogens is 1. The largest absolute Gasteiger partial charge is 0.478 e. The number of benzene rings is 2. The van der Waals surface area contributed by atoms with Crippen LogP contribution in [-0.4, -0.2) is 34.3 Å². The Hall–Kier alpha value is -3.88. The molecule has 2 aliphatic rings. The van der Waals surface area contributed by atoms with Gasteiger partial charge in [0, 0.05) is 30.5 Å². The predicted octanol–water partition coefficient (Wildman–Crippen LogP) is 7.66. The fourth-order valence-electron chi connectivity index (χ4n) is 6.41. The summed E-state index contributed by atoms with van der Waals surface area (Å²) in [5, 5.41) is 14.1. The Morgan fingerprint density at radius 3 is 2.52 bits per heavy atom. The van der Waals surface area contributed by atoms with Crippen LogP contribution in [0.3, 0.4) is 0 Å². The van der Waals surface area contributed by atoms with Crippen molar-refractivity contribution in [3.8, 4) is 11.3 Å². The van der Waals surface area contributed by atoms with Gasteiger partial charge in [0.05, 0.1) is 28.0 Å². The number of nitrogens with one attached hydrogen (secondary N) is 1. The Morgan fingerprint density at radius 2 is 1.86 bits per heavy atom. The first kappa shape index (κ1) is 28.2. The molecule has 7 nitrogen and oxygen atoms in total. The van der Waals surface area contributed by atoms with E-state index in [1.54, 1.807) is 24.4 Å². The molecule has 0 aliphatic carbocycles. The molecule has 0 saturated carbocycles. The highest BCUT2D eigenvalue weighted by Crippen LogP contribution is 2.45. The van der Waals surface area contributed by atoms with Gasteiger partial charge in [-0.15, -0.1) is 0 Å². The molecule has 0 spiro atoms. The minimum Gasteiger partial charge on any atom is -0.478 e. The van der Waals surface area contributed by atoms with E-state index >= 15 is 0 Å². The van der Waals surface area contributed by atoms with Gasteiger partial charge in [-0.3, -0.25) is 4.98 Å². The number of carboxylic acid groups (broad SMARTS) is 1. The summed E-state index contributed by atoms with van der Waals surface area (Å²) in [7, 11) is 0. The fourth-order valence-corrected chi connectivity index (χ4v) is 7.05. The molecule has 0 bridgehead atoms. The normalized spacial score (nSPS) is 22.3. The van der Waals surface area contributed by atoms with Crippen molar-refractivity contribution in [3.63, 3.8) is 0 Å². The quantitative estimate of drug-likeness (QED) is 0.218. The summed E-state index contributed by atoms with van der Waals surface area (Å²) in [5.74, 6) is 1.62. The molecule has 2 N–H and O–H groups in total. The lowest BCUT2D eigenvalue weighted by Gasteiger charge is -2.37. The van der Waals surface area contributed by atoms with E-state index in [2.05, 4.69) is 46.1 Å². The highest BCUT2D eigenvalue weighted by Gasteiger charge is 2.43. The summed E-state index contributed by atoms with van der Waals surface area (Å²) in [5.41, 5.74) is 4.63. The van der Waals surface area contributed by atoms with Crippen LogP contribution in [0.5, 0.6) is 0 Å². The molecular weight excluding hydrogens is 568 g/mol. The molecule has 2 fully saturated rings. The van der Waals surface area contributed by atoms with Gasteiger partial charge in [0.25, 0.3) is 0 Å². The van der Waals surface area contributed by atoms with Gasteiger partial charge in [-0.25, -0.2) is 4.79 Å². The number of carbonyl (C=O) groups is 1. The molecule has 4 aromatic rings. The van der Waals surface area contributed by atoms with Crippen molar-refractivity contribution in [3.05, 3.63) is 101 Å². The standard InChI is InChI=1S/C33H33ClN4O3S/c1-19-14-20(2)18-37(17-19)27-10-8-23(16-25(27)34)38-31(30(36-33(38)42)26-6-4-5-13-35-26)29-12-11-28(41-29)24-9-7-22(32(39)40)15-21(24)3/h4-13,15-16,19-20,30-31H,14,17-18H2,1-3H3,(H,36,42)(H,39,40). The summed E-state index contributed by atoms with van der Waals surface area (Å²) < 4.78 is 6.50. The number of aryl methyl sites for hydroxylation is 1. The second-order valence-corrected chi connectivity index (χ2v) is 12.3. The number of carboxylic acids is 1. The average molecular weight is 601 g/mol. The van der Waals surface area contributed by atoms with E-state index in [9.17, 15) is 9.90 Å². The monoisotopic (exact) mass is 600 g/mol. The van der Waals surface area contributed by atoms with Crippen molar-refractivity contribution in [1.29, 1.82) is 0 Å². The number of furan rings is 1. The molecule has 0 amide bonds. The van der Waals surface area contributed by atoms with Gasteiger partial charge in [-0.2, -0.15) is 0 Å². The molecule has 0 radical (unpaired) electrons. The van der Waals surface area contributed by atoms with Gasteiger partial charge in [0.1, 0.15) is 17.6 Å². The summed E-state index contributed by atoms with van der Waals surface area (Å²) in [6.07, 6.45) is 3.00. The van der Waals surface area contributed by atoms with Gasteiger partial charge in [-0.1, -0.05) is 37.6 Å². The van der Waals surface area contributed by atoms with Crippen LogP contribution in [0.4, 0.5) is 11.4 Å². The Kier molecular flexibility index (Phi) is 7.68. The van der Waals surface area contributed by atoms with E-state index in [0.29, 0.717) is 33.5 Å². The first-order valence-corrected chi connectivity index (χ1v) is 15.0. The highest BCUT2D eigenvalue weighted by molar-refractivity contribution is 7.80. The second kappa shape index (κ2) is 11.4. The molecule has 9 heteroatoms. The Morgan fingerprint density at radius 1 is 1.07 bits per heavy atom. The lowest BCUT2D eigenvalue weighted by Crippen LogP contribution is -2.38. The highest BCUT2D eigenvalue weighted by atomic mass is 35.5. The molecule has 2 aliphatic heterocycles. The van der Waals surface area contributed by atoms with Crippen molar-refractivity contribution in [2.24, 2.45) is 11.8 Å². The third kappa shape index (κ3) is 5.37. The van der Waals surface area contributed by atoms with E-state index in [-0.39, 0.29) is 17.6 Å². The molecule has 4 heterocycles. The lowest BCUT2D eigenvalue weighted by molar-refractivity contribution is 0.0696. The molecule has 2 saturated heterocycles. The number of aromatic carboxylic acids is 1. The van der Waals surface area contributed by atoms with E-state index < -0.39 is 5.97 Å². The maximum atomic E-state index is 11.4. The van der Waals surface area contributed by atoms with Gasteiger partial charge in [0.2, 0.25) is 0 Å². The van der Waals surface area contributed by atoms with E-state index in [1.165, 1.54) is 6.42 Å². The first-order valence-electron chi connectivity index (χ1n) is 14.2. The smallest absolute Gasteiger partial charge is 0.335 e. The number of rotatable bonds is 6. The molecule has 42 heavy (non-hydrogen) atoms. The zero-order valence-electron chi connectivity index (χ0n) is 23.8. The SMILES string of the molecule is Cc1cc(C(=O)O)ccc1-c1ccc(C2C(c3ccccn3)NC(=S)N2c2ccc(N3CC(C)CC(C)C3)c(Cl)c2)o1. The number of anilines is 2. The maximum absolute atomic E-state index is 11.4. The minimum absolute atomic E-state index is 0.239. The van der Waals surface area contributed by atoms with E-state index in [0.717, 1.165) is 41.3 Å². The van der Waals surface area contributed by atoms with Crippen LogP contribution >= 0.6 is 23.8 Å². The van der Waals surface area contributed by atoms with E-state index in [1.807, 2.05) is 43.3 Å². The number of halogens is 1. The van der Waals surface area contributed by atoms with Gasteiger partial charge in [0.15, 0.2) is 5.11 Å². The number of nitrogens with zero attached hydrogens (tertiary/aromatic N) is 3. The Balaban J connectivity index is 1.38. The number of hydrogen-bond acceptors (Lipinski definition) is 5. The topological polar surface area (TPSA) is 81.8 Å². The summed E-state index contributed by atoms with van der Waals surface area (Å²) >= 11 is 12.9. The van der Waals surface area contributed by atoms with Gasteiger partial charge in [-0.05, 0) is 97.6 Å². The fraction of sp³-hybridized carbons (Fsp3) is 0.303. The van der Waals surface area contributed by atoms with Crippen LogP contribution < -0.4 is 15.1 Å². The number of piperidine rings is 1. The molecular formula is C33H33ClN4O3S. The summed E-state index contributed by atoms with van der Waals surface area (Å²) in [6.45, 7) is 8.44. The summed E-state index contributed by atoms with van der Waals surface area (Å²) in [4.78, 5) is 20.5. The molecule has 2 aromatic heterocycles. The average Bonchev–Trinajstić information content (AvgIpc) is 3.57. The van der Waals surface area contributed by atoms with Crippen molar-refractivity contribution in [2.45, 2.75) is 39.3 Å². The van der Waals surface area contributed by atoms with Gasteiger partial charge < -0.3 is 24.6 Å². The number of thiocarbonyl (C=S) groups is 1. The number of hydrogen-bond donors (Lipinski definition) is 2. The second-order valence-electron chi connectivity index (χ2n) is 11.5. The number of pyridine rings is 1. The molecule has 4 atom stereocenters. The van der Waals surface area contributed by atoms with Crippen molar-refractivity contribution in [1.82, 2.24) is 10.3 Å². The van der Waals surface area contributed by atoms with Crippen molar-refractivity contribution < 1.29 is 14.3 Å². The predicted molar refractivity (Wildman–Crippen MR) is 170 cm³/mol. The third-order valence-electron chi connectivity index (χ3n) is 8.17. The molecule has 6 rings (SSSR count). The van der Waals surface area contributed by atoms with Crippen LogP contribution in [0.1, 0.15) is 59.7 Å². The van der Waals surface area contributed by atoms with Crippen molar-refractivity contribution >= 4 is 46.3 Å². The minimum atomic E-state index is -0.960. The Bertz CT molecular complexity index is 1630. The summed E-state index contributed by atoms with van der Waals surface area (Å²) in [6, 6.07) is 20.3. The van der Waals surface area contributed by atoms with Crippen LogP contribution in [0.15, 0.2) is 77.3 Å². The van der Waals surface area contributed by atoms with Crippen LogP contribution in [0, 0.1) is 18.8 Å². The van der Waals surface area contributed by atoms with Crippen LogP contribution in [-0.2, 0) is 0 Å². The maximum Gasteiger partial charge on any atom is 0.335 e. The Labute approximate surface area is 256 Å². The lowest BCUT2D eigenvalue weighted by atomic mass is 9.91. The van der Waals surface area contributed by atoms with Gasteiger partial charge >= 0.3 is 5.97 Å². The zero-order chi connectivity index (χ0) is 29.5. The third-order valence-corrected chi connectivity index (χ3v) is 8.79. The molecule has 2 aromatic carbocycles.